The molecule has 0 aliphatic rings. The Balaban J connectivity index is 0.00000392. The molecule has 2 rings (SSSR count). The van der Waals surface area contributed by atoms with Crippen molar-refractivity contribution in [3.05, 3.63) is 48.0 Å². The lowest BCUT2D eigenvalue weighted by atomic mass is 10.2. The summed E-state index contributed by atoms with van der Waals surface area (Å²) < 4.78 is 67.2. The maximum Gasteiger partial charge on any atom is 0.422 e. The van der Waals surface area contributed by atoms with Crippen molar-refractivity contribution in [2.45, 2.75) is 25.8 Å². The van der Waals surface area contributed by atoms with E-state index in [2.05, 4.69) is 25.3 Å². The van der Waals surface area contributed by atoms with Gasteiger partial charge in [0.2, 0.25) is 0 Å². The molecule has 0 atom stereocenters. The van der Waals surface area contributed by atoms with Gasteiger partial charge >= 0.3 is 12.7 Å². The Morgan fingerprint density at radius 2 is 1.82 bits per heavy atom. The number of guanidine groups is 1. The number of nitrogens with zero attached hydrogens (tertiary/aromatic N) is 3. The molecule has 156 valence electrons. The normalized spacial score (nSPS) is 11.9. The number of aliphatic imine (C=N–C) groups is 1. The lowest BCUT2D eigenvalue weighted by Crippen LogP contribution is -2.37. The molecular weight excluding hydrogens is 500 g/mol. The van der Waals surface area contributed by atoms with Crippen LogP contribution in [0.2, 0.25) is 0 Å². The van der Waals surface area contributed by atoms with Crippen molar-refractivity contribution < 1.29 is 26.7 Å². The molecule has 0 saturated heterocycles. The van der Waals surface area contributed by atoms with Gasteiger partial charge in [-0.2, -0.15) is 22.0 Å². The highest BCUT2D eigenvalue weighted by Gasteiger charge is 2.28. The minimum atomic E-state index is -4.39. The molecule has 0 saturated carbocycles. The van der Waals surface area contributed by atoms with E-state index in [1.165, 1.54) is 31.6 Å². The highest BCUT2D eigenvalue weighted by Crippen LogP contribution is 2.18. The van der Waals surface area contributed by atoms with Gasteiger partial charge in [-0.1, -0.05) is 12.1 Å². The third kappa shape index (κ3) is 7.86. The molecule has 0 fully saturated rings. The van der Waals surface area contributed by atoms with Gasteiger partial charge < -0.3 is 15.4 Å². The Morgan fingerprint density at radius 1 is 1.18 bits per heavy atom. The van der Waals surface area contributed by atoms with E-state index in [9.17, 15) is 22.0 Å². The fourth-order valence-electron chi connectivity index (χ4n) is 2.10. The minimum Gasteiger partial charge on any atom is -0.484 e. The van der Waals surface area contributed by atoms with E-state index in [0.717, 1.165) is 10.1 Å². The number of alkyl halides is 5. The zero-order valence-corrected chi connectivity index (χ0v) is 17.0. The number of rotatable bonds is 7. The first-order chi connectivity index (χ1) is 12.8. The first kappa shape index (κ1) is 23.9. The van der Waals surface area contributed by atoms with Crippen molar-refractivity contribution >= 4 is 29.9 Å². The Morgan fingerprint density at radius 3 is 2.39 bits per heavy atom. The number of aromatic nitrogens is 2. The smallest absolute Gasteiger partial charge is 0.422 e. The number of nitrogens with one attached hydrogen (secondary N) is 2. The van der Waals surface area contributed by atoms with Gasteiger partial charge in [0, 0.05) is 26.0 Å². The molecule has 0 aliphatic carbocycles. The van der Waals surface area contributed by atoms with Crippen LogP contribution in [-0.4, -0.2) is 35.3 Å². The van der Waals surface area contributed by atoms with Crippen LogP contribution in [0.5, 0.6) is 5.75 Å². The molecule has 6 nitrogen and oxygen atoms in total. The molecule has 1 aromatic carbocycles. The molecule has 0 bridgehead atoms. The van der Waals surface area contributed by atoms with Gasteiger partial charge in [0.1, 0.15) is 11.6 Å². The second-order valence-corrected chi connectivity index (χ2v) is 5.36. The van der Waals surface area contributed by atoms with Crippen molar-refractivity contribution in [2.75, 3.05) is 13.7 Å². The van der Waals surface area contributed by atoms with Crippen LogP contribution in [-0.2, 0) is 13.1 Å². The summed E-state index contributed by atoms with van der Waals surface area (Å²) in [4.78, 5) is 7.82. The van der Waals surface area contributed by atoms with Crippen LogP contribution in [0.15, 0.2) is 41.7 Å². The van der Waals surface area contributed by atoms with Crippen LogP contribution in [0.3, 0.4) is 0 Å². The summed E-state index contributed by atoms with van der Waals surface area (Å²) in [5.74, 6) is 0.618. The number of hydrogen-bond acceptors (Lipinski definition) is 3. The van der Waals surface area contributed by atoms with Crippen molar-refractivity contribution in [1.29, 1.82) is 0 Å². The maximum absolute atomic E-state index is 12.8. The van der Waals surface area contributed by atoms with E-state index < -0.39 is 19.3 Å². The summed E-state index contributed by atoms with van der Waals surface area (Å²) in [6.45, 7) is -3.67. The van der Waals surface area contributed by atoms with Crippen molar-refractivity contribution in [2.24, 2.45) is 4.99 Å². The average Bonchev–Trinajstić information content (AvgIpc) is 3.09. The molecule has 0 aliphatic heterocycles. The molecule has 2 N–H and O–H groups in total. The standard InChI is InChI=1S/C16H18F5N5O.HI/c1-22-15(25-9-13-23-6-7-26(13)14(17)18)24-8-11-2-4-12(5-3-11)27-10-16(19,20)21;/h2-7,14H,8-10H2,1H3,(H2,22,24,25);1H. The van der Waals surface area contributed by atoms with E-state index in [1.807, 2.05) is 0 Å². The highest BCUT2D eigenvalue weighted by molar-refractivity contribution is 14.0. The van der Waals surface area contributed by atoms with Crippen molar-refractivity contribution in [3.8, 4) is 5.75 Å². The predicted octanol–water partition coefficient (Wildman–Crippen LogP) is 3.70. The molecule has 0 radical (unpaired) electrons. The minimum absolute atomic E-state index is 0. The lowest BCUT2D eigenvalue weighted by molar-refractivity contribution is -0.153. The third-order valence-electron chi connectivity index (χ3n) is 3.38. The van der Waals surface area contributed by atoms with Gasteiger partial charge in [0.15, 0.2) is 12.6 Å². The number of halogens is 6. The Kier molecular flexibility index (Phi) is 9.41. The van der Waals surface area contributed by atoms with E-state index in [-0.39, 0.29) is 42.1 Å². The first-order valence-corrected chi connectivity index (χ1v) is 7.81. The molecule has 0 unspecified atom stereocenters. The van der Waals surface area contributed by atoms with Crippen LogP contribution >= 0.6 is 24.0 Å². The van der Waals surface area contributed by atoms with E-state index in [1.54, 1.807) is 12.1 Å². The summed E-state index contributed by atoms with van der Waals surface area (Å²) >= 11 is 0. The molecule has 1 heterocycles. The van der Waals surface area contributed by atoms with E-state index >= 15 is 0 Å². The summed E-state index contributed by atoms with van der Waals surface area (Å²) in [5, 5.41) is 5.82. The maximum atomic E-state index is 12.8. The number of hydrogen-bond donors (Lipinski definition) is 2. The van der Waals surface area contributed by atoms with Crippen LogP contribution < -0.4 is 15.4 Å². The van der Waals surface area contributed by atoms with Crippen LogP contribution in [0, 0.1) is 0 Å². The molecular formula is C16H19F5IN5O. The van der Waals surface area contributed by atoms with E-state index in [4.69, 9.17) is 0 Å². The summed E-state index contributed by atoms with van der Waals surface area (Å²) in [7, 11) is 1.52. The molecule has 12 heteroatoms. The topological polar surface area (TPSA) is 63.5 Å². The van der Waals surface area contributed by atoms with Gasteiger partial charge in [0.25, 0.3) is 0 Å². The Bertz CT molecular complexity index is 749. The average molecular weight is 519 g/mol. The van der Waals surface area contributed by atoms with Crippen LogP contribution in [0.4, 0.5) is 22.0 Å². The number of benzene rings is 1. The van der Waals surface area contributed by atoms with Gasteiger partial charge in [-0.25, -0.2) is 4.98 Å². The molecule has 1 aromatic heterocycles. The zero-order chi connectivity index (χ0) is 19.9. The largest absolute Gasteiger partial charge is 0.484 e. The lowest BCUT2D eigenvalue weighted by Gasteiger charge is -2.13. The zero-order valence-electron chi connectivity index (χ0n) is 14.7. The predicted molar refractivity (Wildman–Crippen MR) is 104 cm³/mol. The Hall–Kier alpha value is -2.12. The SMILES string of the molecule is CN=C(NCc1ccc(OCC(F)(F)F)cc1)NCc1nccn1C(F)F.I. The molecule has 28 heavy (non-hydrogen) atoms. The quantitative estimate of drug-likeness (QED) is 0.254. The first-order valence-electron chi connectivity index (χ1n) is 7.81. The highest BCUT2D eigenvalue weighted by atomic mass is 127. The van der Waals surface area contributed by atoms with Crippen molar-refractivity contribution in [1.82, 2.24) is 20.2 Å². The van der Waals surface area contributed by atoms with Crippen LogP contribution in [0.25, 0.3) is 0 Å². The van der Waals surface area contributed by atoms with Gasteiger partial charge in [-0.3, -0.25) is 9.56 Å². The fraction of sp³-hybridized carbons (Fsp3) is 0.375. The van der Waals surface area contributed by atoms with Gasteiger partial charge in [0.05, 0.1) is 6.54 Å². The third-order valence-corrected chi connectivity index (χ3v) is 3.38. The number of imidazole rings is 1. The number of ether oxygens (including phenoxy) is 1. The van der Waals surface area contributed by atoms with Crippen molar-refractivity contribution in [3.63, 3.8) is 0 Å². The summed E-state index contributed by atoms with van der Waals surface area (Å²) in [5.41, 5.74) is 0.770. The molecule has 0 amide bonds. The summed E-state index contributed by atoms with van der Waals surface area (Å²) in [6.07, 6.45) is -1.93. The summed E-state index contributed by atoms with van der Waals surface area (Å²) in [6, 6.07) is 6.07. The Labute approximate surface area is 175 Å². The van der Waals surface area contributed by atoms with E-state index in [0.29, 0.717) is 12.5 Å². The van der Waals surface area contributed by atoms with Gasteiger partial charge in [-0.05, 0) is 17.7 Å². The fourth-order valence-corrected chi connectivity index (χ4v) is 2.10. The van der Waals surface area contributed by atoms with Crippen LogP contribution in [0.1, 0.15) is 17.9 Å². The second kappa shape index (κ2) is 11.0. The molecule has 0 spiro atoms. The molecule has 2 aromatic rings. The van der Waals surface area contributed by atoms with Gasteiger partial charge in [-0.15, -0.1) is 24.0 Å². The monoisotopic (exact) mass is 519 g/mol. The second-order valence-electron chi connectivity index (χ2n) is 5.36.